The van der Waals surface area contributed by atoms with E-state index < -0.39 is 4.92 Å². The Morgan fingerprint density at radius 2 is 2.25 bits per heavy atom. The highest BCUT2D eigenvalue weighted by Gasteiger charge is 2.19. The van der Waals surface area contributed by atoms with E-state index in [9.17, 15) is 10.1 Å². The molecule has 16 heavy (non-hydrogen) atoms. The molecule has 0 aliphatic rings. The lowest BCUT2D eigenvalue weighted by Crippen LogP contribution is -2.10. The van der Waals surface area contributed by atoms with Crippen molar-refractivity contribution < 1.29 is 4.92 Å². The highest BCUT2D eigenvalue weighted by atomic mass is 16.6. The second-order valence-corrected chi connectivity index (χ2v) is 3.85. The van der Waals surface area contributed by atoms with E-state index >= 15 is 0 Å². The summed E-state index contributed by atoms with van der Waals surface area (Å²) < 4.78 is 0. The molecular weight excluding hydrogens is 206 g/mol. The van der Waals surface area contributed by atoms with E-state index in [-0.39, 0.29) is 11.3 Å². The number of nitrogens with zero attached hydrogens (tertiary/aromatic N) is 2. The van der Waals surface area contributed by atoms with Crippen molar-refractivity contribution in [1.29, 1.82) is 5.26 Å². The van der Waals surface area contributed by atoms with E-state index in [0.717, 1.165) is 0 Å². The number of hydrogen-bond acceptors (Lipinski definition) is 4. The summed E-state index contributed by atoms with van der Waals surface area (Å²) in [6, 6.07) is 6.51. The van der Waals surface area contributed by atoms with Gasteiger partial charge < -0.3 is 5.32 Å². The second kappa shape index (κ2) is 5.12. The van der Waals surface area contributed by atoms with Crippen molar-refractivity contribution in [2.45, 2.75) is 13.8 Å². The lowest BCUT2D eigenvalue weighted by Gasteiger charge is -2.09. The lowest BCUT2D eigenvalue weighted by molar-refractivity contribution is -0.384. The van der Waals surface area contributed by atoms with Crippen LogP contribution in [-0.4, -0.2) is 11.5 Å². The molecular formula is C11H13N3O2. The normalized spacial score (nSPS) is 9.88. The van der Waals surface area contributed by atoms with Crippen molar-refractivity contribution >= 4 is 11.4 Å². The Labute approximate surface area is 93.9 Å². The monoisotopic (exact) mass is 219 g/mol. The number of nitro benzene ring substituents is 1. The quantitative estimate of drug-likeness (QED) is 0.623. The fourth-order valence-electron chi connectivity index (χ4n) is 1.29. The van der Waals surface area contributed by atoms with Gasteiger partial charge in [-0.1, -0.05) is 19.9 Å². The Bertz CT molecular complexity index is 435. The highest BCUT2D eigenvalue weighted by molar-refractivity contribution is 5.68. The number of nitro groups is 1. The molecule has 1 rings (SSSR count). The topological polar surface area (TPSA) is 79.0 Å². The Morgan fingerprint density at radius 1 is 1.56 bits per heavy atom. The molecule has 0 radical (unpaired) electrons. The van der Waals surface area contributed by atoms with Crippen LogP contribution in [0.4, 0.5) is 11.4 Å². The molecule has 5 nitrogen and oxygen atoms in total. The number of hydrogen-bond donors (Lipinski definition) is 1. The van der Waals surface area contributed by atoms with E-state index in [1.54, 1.807) is 12.1 Å². The maximum Gasteiger partial charge on any atom is 0.309 e. The molecule has 0 aliphatic carbocycles. The van der Waals surface area contributed by atoms with Gasteiger partial charge in [0.2, 0.25) is 0 Å². The average molecular weight is 219 g/mol. The van der Waals surface area contributed by atoms with E-state index in [0.29, 0.717) is 18.2 Å². The third-order valence-corrected chi connectivity index (χ3v) is 2.04. The average Bonchev–Trinajstić information content (AvgIpc) is 2.25. The summed E-state index contributed by atoms with van der Waals surface area (Å²) in [5.74, 6) is 0.380. The van der Waals surface area contributed by atoms with Crippen LogP contribution < -0.4 is 5.32 Å². The van der Waals surface area contributed by atoms with Crippen LogP contribution in [0.1, 0.15) is 19.4 Å². The number of benzene rings is 1. The molecule has 5 heteroatoms. The number of nitriles is 1. The summed E-state index contributed by atoms with van der Waals surface area (Å²) in [5, 5.41) is 22.6. The van der Waals surface area contributed by atoms with Crippen LogP contribution in [0.3, 0.4) is 0 Å². The van der Waals surface area contributed by atoms with E-state index in [2.05, 4.69) is 5.32 Å². The first kappa shape index (κ1) is 12.0. The SMILES string of the molecule is CC(C)CNc1cccc(C#N)c1[N+](=O)[O-]. The molecule has 0 spiro atoms. The summed E-state index contributed by atoms with van der Waals surface area (Å²) in [6.45, 7) is 4.65. The zero-order valence-corrected chi connectivity index (χ0v) is 9.23. The summed E-state index contributed by atoms with van der Waals surface area (Å²) >= 11 is 0. The first-order valence-corrected chi connectivity index (χ1v) is 4.97. The fourth-order valence-corrected chi connectivity index (χ4v) is 1.29. The van der Waals surface area contributed by atoms with Gasteiger partial charge >= 0.3 is 5.69 Å². The predicted octanol–water partition coefficient (Wildman–Crippen LogP) is 2.53. The summed E-state index contributed by atoms with van der Waals surface area (Å²) in [7, 11) is 0. The molecule has 0 amide bonds. The maximum absolute atomic E-state index is 10.9. The molecule has 1 aromatic rings. The van der Waals surface area contributed by atoms with E-state index in [1.807, 2.05) is 19.9 Å². The second-order valence-electron chi connectivity index (χ2n) is 3.85. The number of anilines is 1. The lowest BCUT2D eigenvalue weighted by atomic mass is 10.1. The van der Waals surface area contributed by atoms with Gasteiger partial charge in [0.25, 0.3) is 0 Å². The molecule has 0 fully saturated rings. The van der Waals surface area contributed by atoms with Crippen LogP contribution in [0, 0.1) is 27.4 Å². The van der Waals surface area contributed by atoms with Crippen LogP contribution in [0.2, 0.25) is 0 Å². The van der Waals surface area contributed by atoms with Crippen molar-refractivity contribution in [2.24, 2.45) is 5.92 Å². The zero-order chi connectivity index (χ0) is 12.1. The van der Waals surface area contributed by atoms with Crippen molar-refractivity contribution in [3.05, 3.63) is 33.9 Å². The minimum atomic E-state index is -0.527. The molecule has 0 saturated heterocycles. The van der Waals surface area contributed by atoms with Crippen molar-refractivity contribution in [1.82, 2.24) is 0 Å². The van der Waals surface area contributed by atoms with Gasteiger partial charge in [0.1, 0.15) is 17.3 Å². The van der Waals surface area contributed by atoms with E-state index in [1.165, 1.54) is 6.07 Å². The van der Waals surface area contributed by atoms with Crippen LogP contribution >= 0.6 is 0 Å². The number of nitrogens with one attached hydrogen (secondary N) is 1. The summed E-state index contributed by atoms with van der Waals surface area (Å²) in [6.07, 6.45) is 0. The molecule has 0 heterocycles. The van der Waals surface area contributed by atoms with Crippen LogP contribution in [0.15, 0.2) is 18.2 Å². The van der Waals surface area contributed by atoms with Crippen molar-refractivity contribution in [3.63, 3.8) is 0 Å². The first-order valence-electron chi connectivity index (χ1n) is 4.97. The molecule has 0 aromatic heterocycles. The van der Waals surface area contributed by atoms with Gasteiger partial charge in [-0.2, -0.15) is 5.26 Å². The minimum Gasteiger partial charge on any atom is -0.379 e. The van der Waals surface area contributed by atoms with Crippen LogP contribution in [0.5, 0.6) is 0 Å². The summed E-state index contributed by atoms with van der Waals surface area (Å²) in [4.78, 5) is 10.3. The third kappa shape index (κ3) is 2.70. The Morgan fingerprint density at radius 3 is 2.75 bits per heavy atom. The van der Waals surface area contributed by atoms with Crippen LogP contribution in [-0.2, 0) is 0 Å². The Balaban J connectivity index is 3.08. The maximum atomic E-state index is 10.9. The van der Waals surface area contributed by atoms with Crippen LogP contribution in [0.25, 0.3) is 0 Å². The van der Waals surface area contributed by atoms with Gasteiger partial charge in [-0.3, -0.25) is 10.1 Å². The molecule has 0 bridgehead atoms. The Hall–Kier alpha value is -2.09. The largest absolute Gasteiger partial charge is 0.379 e. The summed E-state index contributed by atoms with van der Waals surface area (Å²) in [5.41, 5.74) is 0.335. The molecule has 1 N–H and O–H groups in total. The standard InChI is InChI=1S/C11H13N3O2/c1-8(2)7-13-10-5-3-4-9(6-12)11(10)14(15)16/h3-5,8,13H,7H2,1-2H3. The molecule has 0 saturated carbocycles. The number of para-hydroxylation sites is 1. The molecule has 84 valence electrons. The predicted molar refractivity (Wildman–Crippen MR) is 61.1 cm³/mol. The zero-order valence-electron chi connectivity index (χ0n) is 9.23. The minimum absolute atomic E-state index is 0.0822. The van der Waals surface area contributed by atoms with Gasteiger partial charge in [0.15, 0.2) is 0 Å². The first-order chi connectivity index (χ1) is 7.56. The third-order valence-electron chi connectivity index (χ3n) is 2.04. The van der Waals surface area contributed by atoms with Gasteiger partial charge in [-0.05, 0) is 18.1 Å². The molecule has 0 aliphatic heterocycles. The molecule has 0 atom stereocenters. The van der Waals surface area contributed by atoms with Crippen molar-refractivity contribution in [3.8, 4) is 6.07 Å². The van der Waals surface area contributed by atoms with Crippen molar-refractivity contribution in [2.75, 3.05) is 11.9 Å². The van der Waals surface area contributed by atoms with Gasteiger partial charge in [-0.25, -0.2) is 0 Å². The number of rotatable bonds is 4. The smallest absolute Gasteiger partial charge is 0.309 e. The fraction of sp³-hybridized carbons (Fsp3) is 0.364. The van der Waals surface area contributed by atoms with E-state index in [4.69, 9.17) is 5.26 Å². The van der Waals surface area contributed by atoms with Gasteiger partial charge in [-0.15, -0.1) is 0 Å². The Kier molecular flexibility index (Phi) is 3.84. The molecule has 1 aromatic carbocycles. The molecule has 0 unspecified atom stereocenters. The van der Waals surface area contributed by atoms with Gasteiger partial charge in [0, 0.05) is 6.54 Å². The highest BCUT2D eigenvalue weighted by Crippen LogP contribution is 2.27. The van der Waals surface area contributed by atoms with Gasteiger partial charge in [0.05, 0.1) is 4.92 Å².